The Morgan fingerprint density at radius 2 is 1.92 bits per heavy atom. The Bertz CT molecular complexity index is 924. The molecule has 0 atom stereocenters. The molecule has 0 saturated carbocycles. The minimum absolute atomic E-state index is 0.152. The number of rotatable bonds is 6. The molecular weight excluding hydrogens is 341 g/mol. The van der Waals surface area contributed by atoms with E-state index in [-0.39, 0.29) is 11.4 Å². The monoisotopic (exact) mass is 359 g/mol. The first-order chi connectivity index (χ1) is 12.0. The highest BCUT2D eigenvalue weighted by molar-refractivity contribution is 6.30. The standard InChI is InChI=1S/C19H19ClFN3O/c1-2-9-23(11-14-3-6-16(21)7-4-14)13-17-10-19(25)24-12-15(20)5-8-18(24)22-17/h3-8,10,12H,2,9,11,13H2,1H3. The third kappa shape index (κ3) is 4.44. The largest absolute Gasteiger partial charge is 0.293 e. The highest BCUT2D eigenvalue weighted by Gasteiger charge is 2.10. The smallest absolute Gasteiger partial charge is 0.258 e. The van der Waals surface area contributed by atoms with E-state index in [2.05, 4.69) is 16.8 Å². The van der Waals surface area contributed by atoms with E-state index in [9.17, 15) is 9.18 Å². The van der Waals surface area contributed by atoms with Crippen molar-refractivity contribution in [2.45, 2.75) is 26.4 Å². The molecule has 0 aliphatic rings. The number of pyridine rings is 1. The minimum Gasteiger partial charge on any atom is -0.293 e. The van der Waals surface area contributed by atoms with Crippen molar-refractivity contribution < 1.29 is 4.39 Å². The summed E-state index contributed by atoms with van der Waals surface area (Å²) in [6.45, 7) is 4.19. The first-order valence-corrected chi connectivity index (χ1v) is 8.57. The summed E-state index contributed by atoms with van der Waals surface area (Å²) in [7, 11) is 0. The van der Waals surface area contributed by atoms with Crippen molar-refractivity contribution in [3.63, 3.8) is 0 Å². The molecule has 0 aliphatic heterocycles. The summed E-state index contributed by atoms with van der Waals surface area (Å²) in [6, 6.07) is 11.5. The summed E-state index contributed by atoms with van der Waals surface area (Å²) >= 11 is 5.93. The van der Waals surface area contributed by atoms with E-state index in [0.717, 1.165) is 18.5 Å². The number of halogens is 2. The Morgan fingerprint density at radius 3 is 2.64 bits per heavy atom. The molecule has 0 radical (unpaired) electrons. The van der Waals surface area contributed by atoms with Crippen molar-refractivity contribution in [3.8, 4) is 0 Å². The SMILES string of the molecule is CCCN(Cc1ccc(F)cc1)Cc1cc(=O)n2cc(Cl)ccc2n1. The van der Waals surface area contributed by atoms with Crippen molar-refractivity contribution in [2.24, 2.45) is 0 Å². The van der Waals surface area contributed by atoms with E-state index in [4.69, 9.17) is 11.6 Å². The van der Waals surface area contributed by atoms with E-state index in [1.54, 1.807) is 30.5 Å². The molecule has 2 heterocycles. The summed E-state index contributed by atoms with van der Waals surface area (Å²) in [5.41, 5.74) is 2.16. The fourth-order valence-electron chi connectivity index (χ4n) is 2.81. The van der Waals surface area contributed by atoms with Crippen LogP contribution in [-0.2, 0) is 13.1 Å². The number of nitrogens with zero attached hydrogens (tertiary/aromatic N) is 3. The molecule has 0 aliphatic carbocycles. The maximum atomic E-state index is 13.1. The van der Waals surface area contributed by atoms with Gasteiger partial charge in [0.15, 0.2) is 0 Å². The zero-order chi connectivity index (χ0) is 17.8. The van der Waals surface area contributed by atoms with Crippen molar-refractivity contribution in [1.29, 1.82) is 0 Å². The van der Waals surface area contributed by atoms with E-state index in [1.807, 2.05) is 0 Å². The molecule has 0 unspecified atom stereocenters. The van der Waals surface area contributed by atoms with Gasteiger partial charge in [-0.25, -0.2) is 9.37 Å². The van der Waals surface area contributed by atoms with Gasteiger partial charge in [-0.05, 0) is 42.8 Å². The van der Waals surface area contributed by atoms with E-state index in [0.29, 0.717) is 29.5 Å². The maximum Gasteiger partial charge on any atom is 0.258 e. The average molecular weight is 360 g/mol. The van der Waals surface area contributed by atoms with Gasteiger partial charge in [0.1, 0.15) is 11.5 Å². The van der Waals surface area contributed by atoms with Crippen LogP contribution in [0.4, 0.5) is 4.39 Å². The average Bonchev–Trinajstić information content (AvgIpc) is 2.58. The van der Waals surface area contributed by atoms with Gasteiger partial charge in [-0.1, -0.05) is 30.7 Å². The molecule has 6 heteroatoms. The lowest BCUT2D eigenvalue weighted by atomic mass is 10.2. The van der Waals surface area contributed by atoms with Crippen molar-refractivity contribution >= 4 is 17.2 Å². The molecule has 1 aromatic carbocycles. The number of aromatic nitrogens is 2. The Balaban J connectivity index is 1.84. The molecule has 0 N–H and O–H groups in total. The lowest BCUT2D eigenvalue weighted by Gasteiger charge is -2.21. The van der Waals surface area contributed by atoms with Crippen LogP contribution in [0.15, 0.2) is 53.5 Å². The second kappa shape index (κ2) is 7.76. The van der Waals surface area contributed by atoms with Gasteiger partial charge in [-0.2, -0.15) is 0 Å². The summed E-state index contributed by atoms with van der Waals surface area (Å²) in [5, 5.41) is 0.494. The predicted molar refractivity (Wildman–Crippen MR) is 97.3 cm³/mol. The van der Waals surface area contributed by atoms with Gasteiger partial charge in [0.2, 0.25) is 0 Å². The zero-order valence-corrected chi connectivity index (χ0v) is 14.7. The summed E-state index contributed by atoms with van der Waals surface area (Å²) in [4.78, 5) is 19.0. The van der Waals surface area contributed by atoms with Crippen molar-refractivity contribution in [3.05, 3.63) is 81.1 Å². The Labute approximate surface area is 150 Å². The number of hydrogen-bond donors (Lipinski definition) is 0. The van der Waals surface area contributed by atoms with Gasteiger partial charge in [0.05, 0.1) is 10.7 Å². The second-order valence-electron chi connectivity index (χ2n) is 6.00. The van der Waals surface area contributed by atoms with Crippen LogP contribution in [0.3, 0.4) is 0 Å². The van der Waals surface area contributed by atoms with Crippen molar-refractivity contribution in [1.82, 2.24) is 14.3 Å². The molecular formula is C19H19ClFN3O. The number of fused-ring (bicyclic) bond motifs is 1. The molecule has 0 spiro atoms. The minimum atomic E-state index is -0.242. The quantitative estimate of drug-likeness (QED) is 0.670. The van der Waals surface area contributed by atoms with E-state index >= 15 is 0 Å². The van der Waals surface area contributed by atoms with Crippen LogP contribution in [0.25, 0.3) is 5.65 Å². The molecule has 25 heavy (non-hydrogen) atoms. The lowest BCUT2D eigenvalue weighted by Crippen LogP contribution is -2.26. The van der Waals surface area contributed by atoms with Crippen LogP contribution in [0.1, 0.15) is 24.6 Å². The van der Waals surface area contributed by atoms with Gasteiger partial charge in [-0.3, -0.25) is 14.1 Å². The second-order valence-corrected chi connectivity index (χ2v) is 6.43. The van der Waals surface area contributed by atoms with Gasteiger partial charge < -0.3 is 0 Å². The van der Waals surface area contributed by atoms with Gasteiger partial charge >= 0.3 is 0 Å². The molecule has 2 aromatic heterocycles. The fourth-order valence-corrected chi connectivity index (χ4v) is 2.98. The lowest BCUT2D eigenvalue weighted by molar-refractivity contribution is 0.254. The van der Waals surface area contributed by atoms with E-state index in [1.165, 1.54) is 22.6 Å². The van der Waals surface area contributed by atoms with Crippen LogP contribution < -0.4 is 5.56 Å². The zero-order valence-electron chi connectivity index (χ0n) is 14.0. The van der Waals surface area contributed by atoms with Crippen molar-refractivity contribution in [2.75, 3.05) is 6.54 Å². The summed E-state index contributed by atoms with van der Waals surface area (Å²) < 4.78 is 14.5. The molecule has 0 fully saturated rings. The Hall–Kier alpha value is -2.24. The molecule has 3 aromatic rings. The highest BCUT2D eigenvalue weighted by atomic mass is 35.5. The first-order valence-electron chi connectivity index (χ1n) is 8.20. The predicted octanol–water partition coefficient (Wildman–Crippen LogP) is 3.90. The highest BCUT2D eigenvalue weighted by Crippen LogP contribution is 2.12. The summed E-state index contributed by atoms with van der Waals surface area (Å²) in [6.07, 6.45) is 2.54. The van der Waals surface area contributed by atoms with Gasteiger partial charge in [-0.15, -0.1) is 0 Å². The number of benzene rings is 1. The third-order valence-corrected chi connectivity index (χ3v) is 4.15. The maximum absolute atomic E-state index is 13.1. The van der Waals surface area contributed by atoms with Crippen LogP contribution in [0.2, 0.25) is 5.02 Å². The van der Waals surface area contributed by atoms with Gasteiger partial charge in [0, 0.05) is 25.4 Å². The van der Waals surface area contributed by atoms with E-state index < -0.39 is 0 Å². The number of hydrogen-bond acceptors (Lipinski definition) is 3. The Morgan fingerprint density at radius 1 is 1.16 bits per heavy atom. The molecule has 0 bridgehead atoms. The first kappa shape index (κ1) is 17.6. The van der Waals surface area contributed by atoms with Crippen LogP contribution in [0, 0.1) is 5.82 Å². The van der Waals surface area contributed by atoms with Crippen LogP contribution in [-0.4, -0.2) is 20.8 Å². The van der Waals surface area contributed by atoms with Crippen LogP contribution in [0.5, 0.6) is 0 Å². The molecule has 0 amide bonds. The molecule has 0 saturated heterocycles. The van der Waals surface area contributed by atoms with Gasteiger partial charge in [0.25, 0.3) is 5.56 Å². The molecule has 4 nitrogen and oxygen atoms in total. The van der Waals surface area contributed by atoms with Crippen LogP contribution >= 0.6 is 11.6 Å². The Kier molecular flexibility index (Phi) is 5.46. The normalized spacial score (nSPS) is 11.4. The molecule has 130 valence electrons. The topological polar surface area (TPSA) is 37.6 Å². The molecule has 3 rings (SSSR count). The fraction of sp³-hybridized carbons (Fsp3) is 0.263. The third-order valence-electron chi connectivity index (χ3n) is 3.92. The summed E-state index contributed by atoms with van der Waals surface area (Å²) in [5.74, 6) is -0.242.